The number of ketones is 1. The second kappa shape index (κ2) is 4.09. The highest BCUT2D eigenvalue weighted by atomic mass is 16.1. The average Bonchev–Trinajstić information content (AvgIpc) is 2.12. The Morgan fingerprint density at radius 1 is 1.57 bits per heavy atom. The van der Waals surface area contributed by atoms with E-state index < -0.39 is 0 Å². The smallest absolute Gasteiger partial charge is 0.181 e. The summed E-state index contributed by atoms with van der Waals surface area (Å²) >= 11 is 0. The van der Waals surface area contributed by atoms with Gasteiger partial charge in [-0.1, -0.05) is 26.5 Å². The van der Waals surface area contributed by atoms with Crippen molar-refractivity contribution < 1.29 is 4.79 Å². The molecule has 0 radical (unpaired) electrons. The van der Waals surface area contributed by atoms with E-state index >= 15 is 0 Å². The van der Waals surface area contributed by atoms with Crippen LogP contribution >= 0.6 is 0 Å². The Bertz CT molecular complexity index is 276. The van der Waals surface area contributed by atoms with Gasteiger partial charge in [-0.3, -0.25) is 4.79 Å². The predicted octanol–water partition coefficient (Wildman–Crippen LogP) is 2.06. The summed E-state index contributed by atoms with van der Waals surface area (Å²) in [5, 5.41) is 0. The minimum absolute atomic E-state index is 0.0418. The summed E-state index contributed by atoms with van der Waals surface area (Å²) in [7, 11) is 0. The second-order valence-electron chi connectivity index (χ2n) is 4.53. The lowest BCUT2D eigenvalue weighted by Crippen LogP contribution is -2.30. The topological polar surface area (TPSA) is 43.1 Å². The maximum atomic E-state index is 11.4. The van der Waals surface area contributed by atoms with Crippen LogP contribution in [0, 0.1) is 11.3 Å². The molecule has 0 aromatic heterocycles. The molecule has 0 aromatic rings. The molecule has 0 saturated heterocycles. The van der Waals surface area contributed by atoms with E-state index in [-0.39, 0.29) is 17.1 Å². The van der Waals surface area contributed by atoms with Crippen LogP contribution < -0.4 is 5.73 Å². The molecule has 2 heteroatoms. The number of nitrogens with two attached hydrogens (primary N) is 1. The SMILES string of the molecule is C=C1C(=O)C=CC(C)(C)C1CCCN. The maximum absolute atomic E-state index is 11.4. The molecule has 1 atom stereocenters. The molecule has 0 heterocycles. The molecule has 2 nitrogen and oxygen atoms in total. The molecule has 78 valence electrons. The number of carbonyl (C=O) groups excluding carboxylic acids is 1. The van der Waals surface area contributed by atoms with Crippen LogP contribution in [-0.2, 0) is 4.79 Å². The molecule has 1 aliphatic carbocycles. The van der Waals surface area contributed by atoms with E-state index in [0.29, 0.717) is 6.54 Å². The summed E-state index contributed by atoms with van der Waals surface area (Å²) < 4.78 is 0. The quantitative estimate of drug-likeness (QED) is 0.697. The summed E-state index contributed by atoms with van der Waals surface area (Å²) in [4.78, 5) is 11.4. The fourth-order valence-corrected chi connectivity index (χ4v) is 2.00. The van der Waals surface area contributed by atoms with Crippen LogP contribution in [0.2, 0.25) is 0 Å². The van der Waals surface area contributed by atoms with Crippen molar-refractivity contribution in [2.24, 2.45) is 17.1 Å². The molecule has 0 bridgehead atoms. The molecule has 1 rings (SSSR count). The van der Waals surface area contributed by atoms with E-state index in [1.807, 2.05) is 6.08 Å². The van der Waals surface area contributed by atoms with Gasteiger partial charge in [-0.2, -0.15) is 0 Å². The Morgan fingerprint density at radius 3 is 2.79 bits per heavy atom. The van der Waals surface area contributed by atoms with Crippen molar-refractivity contribution in [2.45, 2.75) is 26.7 Å². The Labute approximate surface area is 85.9 Å². The van der Waals surface area contributed by atoms with Gasteiger partial charge in [-0.15, -0.1) is 0 Å². The number of hydrogen-bond donors (Lipinski definition) is 1. The van der Waals surface area contributed by atoms with E-state index in [1.54, 1.807) is 6.08 Å². The highest BCUT2D eigenvalue weighted by Gasteiger charge is 2.34. The lowest BCUT2D eigenvalue weighted by molar-refractivity contribution is -0.112. The zero-order valence-electron chi connectivity index (χ0n) is 9.05. The van der Waals surface area contributed by atoms with Crippen molar-refractivity contribution in [2.75, 3.05) is 6.54 Å². The number of carbonyl (C=O) groups is 1. The van der Waals surface area contributed by atoms with Gasteiger partial charge in [-0.05, 0) is 42.4 Å². The third-order valence-corrected chi connectivity index (χ3v) is 3.00. The summed E-state index contributed by atoms with van der Waals surface area (Å²) in [5.74, 6) is 0.329. The van der Waals surface area contributed by atoms with E-state index in [1.165, 1.54) is 0 Å². The van der Waals surface area contributed by atoms with Crippen molar-refractivity contribution in [3.8, 4) is 0 Å². The minimum atomic E-state index is 0.0418. The first-order valence-corrected chi connectivity index (χ1v) is 5.11. The fraction of sp³-hybridized carbons (Fsp3) is 0.583. The van der Waals surface area contributed by atoms with Crippen LogP contribution in [-0.4, -0.2) is 12.3 Å². The number of allylic oxidation sites excluding steroid dienone is 3. The molecule has 0 amide bonds. The van der Waals surface area contributed by atoms with Crippen LogP contribution in [0.4, 0.5) is 0 Å². The largest absolute Gasteiger partial charge is 0.330 e. The summed E-state index contributed by atoms with van der Waals surface area (Å²) in [6.45, 7) is 8.84. The van der Waals surface area contributed by atoms with E-state index in [2.05, 4.69) is 20.4 Å². The van der Waals surface area contributed by atoms with Gasteiger partial charge >= 0.3 is 0 Å². The number of rotatable bonds is 3. The van der Waals surface area contributed by atoms with Crippen molar-refractivity contribution in [1.82, 2.24) is 0 Å². The molecule has 1 unspecified atom stereocenters. The van der Waals surface area contributed by atoms with E-state index in [9.17, 15) is 4.79 Å². The Morgan fingerprint density at radius 2 is 2.21 bits per heavy atom. The third-order valence-electron chi connectivity index (χ3n) is 3.00. The summed E-state index contributed by atoms with van der Waals surface area (Å²) in [5.41, 5.74) is 6.27. The van der Waals surface area contributed by atoms with Gasteiger partial charge in [0.25, 0.3) is 0 Å². The summed E-state index contributed by atoms with van der Waals surface area (Å²) in [6, 6.07) is 0. The Balaban J connectivity index is 2.83. The highest BCUT2D eigenvalue weighted by molar-refractivity contribution is 6.05. The van der Waals surface area contributed by atoms with Gasteiger partial charge in [0.05, 0.1) is 0 Å². The lowest BCUT2D eigenvalue weighted by atomic mass is 9.68. The zero-order valence-corrected chi connectivity index (χ0v) is 9.05. The number of hydrogen-bond acceptors (Lipinski definition) is 2. The predicted molar refractivity (Wildman–Crippen MR) is 58.8 cm³/mol. The Kier molecular flexibility index (Phi) is 3.27. The van der Waals surface area contributed by atoms with Gasteiger partial charge in [0.2, 0.25) is 0 Å². The van der Waals surface area contributed by atoms with Gasteiger partial charge in [0, 0.05) is 0 Å². The van der Waals surface area contributed by atoms with E-state index in [4.69, 9.17) is 5.73 Å². The molecule has 2 N–H and O–H groups in total. The maximum Gasteiger partial charge on any atom is 0.181 e. The zero-order chi connectivity index (χ0) is 10.8. The van der Waals surface area contributed by atoms with Crippen molar-refractivity contribution >= 4 is 5.78 Å². The van der Waals surface area contributed by atoms with Crippen molar-refractivity contribution in [1.29, 1.82) is 0 Å². The molecule has 14 heavy (non-hydrogen) atoms. The van der Waals surface area contributed by atoms with Crippen LogP contribution in [0.25, 0.3) is 0 Å². The molecule has 0 aromatic carbocycles. The minimum Gasteiger partial charge on any atom is -0.330 e. The van der Waals surface area contributed by atoms with Crippen LogP contribution in [0.5, 0.6) is 0 Å². The van der Waals surface area contributed by atoms with Crippen LogP contribution in [0.1, 0.15) is 26.7 Å². The molecule has 0 aliphatic heterocycles. The average molecular weight is 193 g/mol. The first kappa shape index (κ1) is 11.2. The normalized spacial score (nSPS) is 25.5. The van der Waals surface area contributed by atoms with Crippen molar-refractivity contribution in [3.05, 3.63) is 24.3 Å². The second-order valence-corrected chi connectivity index (χ2v) is 4.53. The van der Waals surface area contributed by atoms with Gasteiger partial charge in [0.15, 0.2) is 5.78 Å². The van der Waals surface area contributed by atoms with Crippen LogP contribution in [0.3, 0.4) is 0 Å². The first-order chi connectivity index (χ1) is 6.49. The highest BCUT2D eigenvalue weighted by Crippen LogP contribution is 2.39. The van der Waals surface area contributed by atoms with Gasteiger partial charge in [-0.25, -0.2) is 0 Å². The van der Waals surface area contributed by atoms with E-state index in [0.717, 1.165) is 18.4 Å². The molecule has 0 saturated carbocycles. The molecular weight excluding hydrogens is 174 g/mol. The lowest BCUT2D eigenvalue weighted by Gasteiger charge is -2.35. The standard InChI is InChI=1S/C12H19NO/c1-9-10(5-4-8-13)12(2,3)7-6-11(9)14/h6-7,10H,1,4-5,8,13H2,2-3H3. The molecule has 0 fully saturated rings. The molecule has 1 aliphatic rings. The fourth-order valence-electron chi connectivity index (χ4n) is 2.00. The van der Waals surface area contributed by atoms with Crippen molar-refractivity contribution in [3.63, 3.8) is 0 Å². The van der Waals surface area contributed by atoms with Crippen LogP contribution in [0.15, 0.2) is 24.3 Å². The first-order valence-electron chi connectivity index (χ1n) is 5.11. The molecular formula is C12H19NO. The van der Waals surface area contributed by atoms with Gasteiger partial charge in [0.1, 0.15) is 0 Å². The van der Waals surface area contributed by atoms with Gasteiger partial charge < -0.3 is 5.73 Å². The molecule has 0 spiro atoms. The Hall–Kier alpha value is -0.890. The summed E-state index contributed by atoms with van der Waals surface area (Å²) in [6.07, 6.45) is 5.54. The third kappa shape index (κ3) is 2.13. The monoisotopic (exact) mass is 193 g/mol.